The largest absolute Gasteiger partial charge is 0.491 e. The number of hydrogen-bond acceptors (Lipinski definition) is 13. The summed E-state index contributed by atoms with van der Waals surface area (Å²) >= 11 is 0. The van der Waals surface area contributed by atoms with Crippen LogP contribution in [0.25, 0.3) is 11.0 Å². The van der Waals surface area contributed by atoms with Gasteiger partial charge in [-0.3, -0.25) is 19.3 Å². The van der Waals surface area contributed by atoms with Gasteiger partial charge in [0.2, 0.25) is 11.8 Å². The SMILES string of the molecule is COC(=O)[C@@H](NC(=O)N1C(=O)[C@@]2(c3cc(C#CCn4nnc5ccccc54)ccc31)[C@H](C(=O)NC[C@H](O)c1ccccc1)[C@H]1C(=O)O[C@H](c3ccccc3)[C@H](c3ccccc3)N1[C@@H]2c1ccccc1OCCO)C(C)C. The van der Waals surface area contributed by atoms with Crippen molar-refractivity contribution >= 4 is 46.5 Å². The van der Waals surface area contributed by atoms with Gasteiger partial charge in [-0.25, -0.2) is 19.2 Å². The number of amides is 4. The summed E-state index contributed by atoms with van der Waals surface area (Å²) < 4.78 is 19.7. The number of ether oxygens (including phenoxy) is 3. The molecule has 2 fully saturated rings. The molecule has 4 heterocycles. The van der Waals surface area contributed by atoms with E-state index >= 15 is 19.2 Å². The van der Waals surface area contributed by atoms with Crippen LogP contribution in [0.4, 0.5) is 10.5 Å². The molecule has 0 radical (unpaired) electrons. The average molecular weight is 1020 g/mol. The minimum absolute atomic E-state index is 0.0488. The summed E-state index contributed by atoms with van der Waals surface area (Å²) in [7, 11) is 1.20. The number of methoxy groups -OCH3 is 1. The number of aliphatic hydroxyl groups is 2. The van der Waals surface area contributed by atoms with Crippen LogP contribution in [0.5, 0.6) is 5.75 Å². The number of fused-ring (bicyclic) bond motifs is 4. The summed E-state index contributed by atoms with van der Waals surface area (Å²) in [5, 5.41) is 36.0. The van der Waals surface area contributed by atoms with E-state index in [2.05, 4.69) is 32.8 Å². The van der Waals surface area contributed by atoms with Crippen LogP contribution in [0, 0.1) is 23.7 Å². The minimum atomic E-state index is -2.26. The molecule has 0 unspecified atom stereocenters. The molecule has 1 aromatic heterocycles. The highest BCUT2D eigenvalue weighted by Crippen LogP contribution is 2.66. The second-order valence-corrected chi connectivity index (χ2v) is 19.2. The number of urea groups is 1. The lowest BCUT2D eigenvalue weighted by molar-refractivity contribution is -0.178. The Labute approximate surface area is 438 Å². The Kier molecular flexibility index (Phi) is 14.5. The number of aliphatic hydroxyl groups excluding tert-OH is 2. The quantitative estimate of drug-likeness (QED) is 0.0699. The molecule has 4 N–H and O–H groups in total. The van der Waals surface area contributed by atoms with E-state index in [9.17, 15) is 15.0 Å². The van der Waals surface area contributed by atoms with Gasteiger partial charge in [0, 0.05) is 17.7 Å². The van der Waals surface area contributed by atoms with Gasteiger partial charge in [0.1, 0.15) is 48.0 Å². The van der Waals surface area contributed by atoms with Crippen LogP contribution in [0.1, 0.15) is 71.5 Å². The maximum absolute atomic E-state index is 16.9. The molecule has 386 valence electrons. The zero-order valence-corrected chi connectivity index (χ0v) is 41.9. The highest BCUT2D eigenvalue weighted by molar-refractivity contribution is 6.25. The monoisotopic (exact) mass is 1020 g/mol. The zero-order valence-electron chi connectivity index (χ0n) is 41.9. The van der Waals surface area contributed by atoms with Crippen LogP contribution in [0.3, 0.4) is 0 Å². The molecule has 76 heavy (non-hydrogen) atoms. The number of aromatic nitrogens is 3. The number of imide groups is 1. The van der Waals surface area contributed by atoms with E-state index in [1.165, 1.54) is 7.11 Å². The van der Waals surface area contributed by atoms with Gasteiger partial charge in [0.15, 0.2) is 0 Å². The predicted octanol–water partition coefficient (Wildman–Crippen LogP) is 6.28. The van der Waals surface area contributed by atoms with Crippen molar-refractivity contribution in [1.29, 1.82) is 0 Å². The predicted molar refractivity (Wildman–Crippen MR) is 279 cm³/mol. The third kappa shape index (κ3) is 9.10. The summed E-state index contributed by atoms with van der Waals surface area (Å²) in [5.41, 5.74) is 1.90. The lowest BCUT2D eigenvalue weighted by Crippen LogP contribution is -2.58. The average Bonchev–Trinajstić information content (AvgIpc) is 4.28. The van der Waals surface area contributed by atoms with Gasteiger partial charge in [-0.05, 0) is 64.6 Å². The summed E-state index contributed by atoms with van der Waals surface area (Å²) in [6, 6.07) is 40.3. The fourth-order valence-electron chi connectivity index (χ4n) is 11.1. The van der Waals surface area contributed by atoms with Gasteiger partial charge in [-0.1, -0.05) is 152 Å². The topological polar surface area (TPSA) is 215 Å². The second-order valence-electron chi connectivity index (χ2n) is 19.2. The maximum Gasteiger partial charge on any atom is 0.329 e. The van der Waals surface area contributed by atoms with Crippen LogP contribution in [-0.4, -0.2) is 98.8 Å². The fraction of sp³-hybridized carbons (Fsp3) is 0.271. The summed E-state index contributed by atoms with van der Waals surface area (Å²) in [6.07, 6.45) is -2.24. The molecule has 17 nitrogen and oxygen atoms in total. The fourth-order valence-corrected chi connectivity index (χ4v) is 11.1. The Morgan fingerprint density at radius 3 is 2.21 bits per heavy atom. The lowest BCUT2D eigenvalue weighted by atomic mass is 9.65. The number of rotatable bonds is 14. The first-order valence-electron chi connectivity index (χ1n) is 25.0. The van der Waals surface area contributed by atoms with Crippen LogP contribution in [0.15, 0.2) is 158 Å². The standard InChI is InChI=1S/C59H55N7O10/c1-36(2)49(55(70)74-3)61-58(73)65-44-30-29-37(18-17-31-64-45-27-15-14-26-43(45)62-63-64)34-42(44)59(57(65)72)48(54(69)60-35-46(68)38-19-7-4-8-20-38)51-56(71)76-52(40-23-11-6-12-24-40)50(39-21-9-5-10-22-39)66(51)53(59)41-25-13-16-28-47(41)75-33-32-67/h4-16,19-30,34,36,46,48-53,67-68H,31-33,35H2,1-3H3,(H,60,69)(H,61,73)/t46-,48-,49-,50-,51-,52+,53+,59-/m0/s1. The number of carbonyl (C=O) groups is 5. The smallest absolute Gasteiger partial charge is 0.329 e. The number of morpholine rings is 1. The van der Waals surface area contributed by atoms with Gasteiger partial charge in [-0.2, -0.15) is 0 Å². The third-order valence-electron chi connectivity index (χ3n) is 14.4. The summed E-state index contributed by atoms with van der Waals surface area (Å²) in [4.78, 5) is 79.8. The first-order valence-corrected chi connectivity index (χ1v) is 25.0. The van der Waals surface area contributed by atoms with E-state index in [1.54, 1.807) is 91.3 Å². The van der Waals surface area contributed by atoms with Gasteiger partial charge in [-0.15, -0.1) is 5.10 Å². The molecule has 2 saturated heterocycles. The summed E-state index contributed by atoms with van der Waals surface area (Å²) in [6.45, 7) is 2.67. The highest BCUT2D eigenvalue weighted by Gasteiger charge is 2.76. The molecule has 10 rings (SSSR count). The molecular weight excluding hydrogens is 967 g/mol. The van der Waals surface area contributed by atoms with Crippen molar-refractivity contribution in [3.8, 4) is 17.6 Å². The molecular formula is C59H55N7O10. The van der Waals surface area contributed by atoms with Crippen LogP contribution in [-0.2, 0) is 40.6 Å². The van der Waals surface area contributed by atoms with Crippen LogP contribution < -0.4 is 20.3 Å². The van der Waals surface area contributed by atoms with Crippen LogP contribution >= 0.6 is 0 Å². The Morgan fingerprint density at radius 2 is 1.50 bits per heavy atom. The molecule has 0 aliphatic carbocycles. The second kappa shape index (κ2) is 21.6. The highest BCUT2D eigenvalue weighted by atomic mass is 16.6. The van der Waals surface area contributed by atoms with E-state index in [-0.39, 0.29) is 43.3 Å². The van der Waals surface area contributed by atoms with Gasteiger partial charge < -0.3 is 35.1 Å². The Bertz CT molecular complexity index is 3360. The first kappa shape index (κ1) is 50.8. The number of nitrogens with one attached hydrogen (secondary N) is 2. The van der Waals surface area contributed by atoms with E-state index in [0.29, 0.717) is 33.3 Å². The number of carbonyl (C=O) groups excluding carboxylic acids is 5. The first-order chi connectivity index (χ1) is 37.0. The van der Waals surface area contributed by atoms with Gasteiger partial charge in [0.25, 0.3) is 0 Å². The van der Waals surface area contributed by atoms with E-state index < -0.39 is 83.4 Å². The van der Waals surface area contributed by atoms with Crippen molar-refractivity contribution in [1.82, 2.24) is 30.5 Å². The zero-order chi connectivity index (χ0) is 53.1. The molecule has 7 aromatic rings. The molecule has 6 aromatic carbocycles. The van der Waals surface area contributed by atoms with Crippen molar-refractivity contribution in [2.75, 3.05) is 31.8 Å². The lowest BCUT2D eigenvalue weighted by Gasteiger charge is -2.46. The Balaban J connectivity index is 1.25. The van der Waals surface area contributed by atoms with E-state index in [4.69, 9.17) is 14.2 Å². The normalized spacial score (nSPS) is 21.5. The maximum atomic E-state index is 16.9. The van der Waals surface area contributed by atoms with E-state index in [1.807, 2.05) is 89.8 Å². The minimum Gasteiger partial charge on any atom is -0.491 e. The Hall–Kier alpha value is -8.69. The number of benzene rings is 6. The molecule has 0 bridgehead atoms. The van der Waals surface area contributed by atoms with Crippen molar-refractivity contribution in [2.45, 2.75) is 62.2 Å². The van der Waals surface area contributed by atoms with Crippen molar-refractivity contribution in [3.05, 3.63) is 191 Å². The molecule has 17 heteroatoms. The molecule has 4 amide bonds. The third-order valence-corrected chi connectivity index (χ3v) is 14.4. The van der Waals surface area contributed by atoms with Crippen molar-refractivity contribution < 1.29 is 48.4 Å². The number of esters is 2. The van der Waals surface area contributed by atoms with Crippen molar-refractivity contribution in [3.63, 3.8) is 0 Å². The van der Waals surface area contributed by atoms with Crippen molar-refractivity contribution in [2.24, 2.45) is 11.8 Å². The van der Waals surface area contributed by atoms with Crippen LogP contribution in [0.2, 0.25) is 0 Å². The number of anilines is 1. The summed E-state index contributed by atoms with van der Waals surface area (Å²) in [5.74, 6) is 1.09. The molecule has 0 saturated carbocycles. The number of nitrogens with zero attached hydrogens (tertiary/aromatic N) is 5. The number of para-hydroxylation sites is 2. The molecule has 1 spiro atoms. The molecule has 3 aliphatic rings. The van der Waals surface area contributed by atoms with Gasteiger partial charge >= 0.3 is 18.0 Å². The van der Waals surface area contributed by atoms with E-state index in [0.717, 1.165) is 10.4 Å². The number of hydrogen-bond donors (Lipinski definition) is 4. The van der Waals surface area contributed by atoms with Gasteiger partial charge in [0.05, 0.1) is 49.0 Å². The molecule has 3 aliphatic heterocycles. The Morgan fingerprint density at radius 1 is 0.829 bits per heavy atom. The number of cyclic esters (lactones) is 1. The molecule has 8 atom stereocenters.